The van der Waals surface area contributed by atoms with Crippen molar-refractivity contribution in [3.63, 3.8) is 0 Å². The number of hydrogen-bond acceptors (Lipinski definition) is 6. The maximum Gasteiger partial charge on any atom is 0.247 e. The highest BCUT2D eigenvalue weighted by atomic mass is 16.7. The van der Waals surface area contributed by atoms with Gasteiger partial charge >= 0.3 is 0 Å². The Morgan fingerprint density at radius 3 is 2.71 bits per heavy atom. The lowest BCUT2D eigenvalue weighted by molar-refractivity contribution is -0.101. The largest absolute Gasteiger partial charge is 0.419 e. The third-order valence-electron chi connectivity index (χ3n) is 4.70. The molecular weight excluding hydrogens is 306 g/mol. The van der Waals surface area contributed by atoms with Gasteiger partial charge in [0.25, 0.3) is 0 Å². The Labute approximate surface area is 141 Å². The second-order valence-corrected chi connectivity index (χ2v) is 6.61. The number of nitrogens with zero attached hydrogens (tertiary/aromatic N) is 3. The molecule has 128 valence electrons. The van der Waals surface area contributed by atoms with Crippen molar-refractivity contribution < 1.29 is 13.9 Å². The Balaban J connectivity index is 1.39. The summed E-state index contributed by atoms with van der Waals surface area (Å²) in [5, 5.41) is 8.40. The van der Waals surface area contributed by atoms with E-state index in [1.165, 1.54) is 5.56 Å². The van der Waals surface area contributed by atoms with Crippen molar-refractivity contribution in [2.75, 3.05) is 26.3 Å². The molecule has 0 radical (unpaired) electrons. The summed E-state index contributed by atoms with van der Waals surface area (Å²) in [6.07, 6.45) is 2.26. The van der Waals surface area contributed by atoms with Crippen molar-refractivity contribution in [2.24, 2.45) is 5.92 Å². The standard InChI is InChI=1S/C18H23N3O3/c1-13-4-6-14(7-5-13)17-20-19-16(24-17)12-21-8-2-3-15(11-21)18-22-9-10-23-18/h4-7,15,18H,2-3,8-12H2,1H3. The Bertz CT molecular complexity index is 664. The molecule has 0 amide bonds. The molecule has 1 aromatic carbocycles. The molecule has 3 heterocycles. The normalized spacial score (nSPS) is 23.0. The van der Waals surface area contributed by atoms with Gasteiger partial charge in [0, 0.05) is 18.0 Å². The summed E-state index contributed by atoms with van der Waals surface area (Å²) in [6, 6.07) is 8.13. The van der Waals surface area contributed by atoms with Crippen LogP contribution in [0.2, 0.25) is 0 Å². The molecule has 6 heteroatoms. The molecule has 0 N–H and O–H groups in total. The molecule has 2 fully saturated rings. The molecule has 2 saturated heterocycles. The van der Waals surface area contributed by atoms with Crippen molar-refractivity contribution in [2.45, 2.75) is 32.6 Å². The van der Waals surface area contributed by atoms with Crippen molar-refractivity contribution >= 4 is 0 Å². The molecule has 0 aliphatic carbocycles. The summed E-state index contributed by atoms with van der Waals surface area (Å²) in [4.78, 5) is 2.35. The van der Waals surface area contributed by atoms with Crippen LogP contribution in [0.3, 0.4) is 0 Å². The zero-order chi connectivity index (χ0) is 16.4. The Hall–Kier alpha value is -1.76. The number of piperidine rings is 1. The van der Waals surface area contributed by atoms with Crippen LogP contribution in [0.15, 0.2) is 28.7 Å². The van der Waals surface area contributed by atoms with Crippen LogP contribution in [0.4, 0.5) is 0 Å². The van der Waals surface area contributed by atoms with Crippen LogP contribution in [-0.2, 0) is 16.0 Å². The van der Waals surface area contributed by atoms with Crippen LogP contribution in [0.25, 0.3) is 11.5 Å². The molecule has 1 atom stereocenters. The minimum Gasteiger partial charge on any atom is -0.419 e. The van der Waals surface area contributed by atoms with E-state index < -0.39 is 0 Å². The number of hydrogen-bond donors (Lipinski definition) is 0. The molecule has 0 spiro atoms. The van der Waals surface area contributed by atoms with E-state index in [9.17, 15) is 0 Å². The maximum atomic E-state index is 5.85. The number of aromatic nitrogens is 2. The smallest absolute Gasteiger partial charge is 0.247 e. The summed E-state index contributed by atoms with van der Waals surface area (Å²) < 4.78 is 17.2. The molecule has 24 heavy (non-hydrogen) atoms. The number of likely N-dealkylation sites (tertiary alicyclic amines) is 1. The first kappa shape index (κ1) is 15.7. The van der Waals surface area contributed by atoms with Gasteiger partial charge in [0.05, 0.1) is 19.8 Å². The number of benzene rings is 1. The number of rotatable bonds is 4. The molecule has 4 rings (SSSR count). The van der Waals surface area contributed by atoms with E-state index in [0.29, 0.717) is 37.5 Å². The first-order valence-corrected chi connectivity index (χ1v) is 8.63. The summed E-state index contributed by atoms with van der Waals surface area (Å²) >= 11 is 0. The quantitative estimate of drug-likeness (QED) is 0.859. The Morgan fingerprint density at radius 1 is 1.12 bits per heavy atom. The first-order chi connectivity index (χ1) is 11.8. The molecule has 2 aliphatic rings. The average molecular weight is 329 g/mol. The average Bonchev–Trinajstić information content (AvgIpc) is 3.28. The van der Waals surface area contributed by atoms with Crippen LogP contribution in [0.1, 0.15) is 24.3 Å². The topological polar surface area (TPSA) is 60.6 Å². The zero-order valence-corrected chi connectivity index (χ0v) is 14.0. The van der Waals surface area contributed by atoms with Crippen LogP contribution < -0.4 is 0 Å². The fourth-order valence-corrected chi connectivity index (χ4v) is 3.43. The van der Waals surface area contributed by atoms with Gasteiger partial charge in [-0.3, -0.25) is 4.90 Å². The molecule has 1 aromatic heterocycles. The highest BCUT2D eigenvalue weighted by Crippen LogP contribution is 2.26. The van der Waals surface area contributed by atoms with Crippen LogP contribution in [-0.4, -0.2) is 47.7 Å². The summed E-state index contributed by atoms with van der Waals surface area (Å²) in [6.45, 7) is 6.17. The van der Waals surface area contributed by atoms with E-state index >= 15 is 0 Å². The fraction of sp³-hybridized carbons (Fsp3) is 0.556. The van der Waals surface area contributed by atoms with Gasteiger partial charge in [-0.05, 0) is 38.4 Å². The van der Waals surface area contributed by atoms with Crippen molar-refractivity contribution in [3.8, 4) is 11.5 Å². The molecule has 1 unspecified atom stereocenters. The summed E-state index contributed by atoms with van der Waals surface area (Å²) in [7, 11) is 0. The first-order valence-electron chi connectivity index (χ1n) is 8.63. The number of aryl methyl sites for hydroxylation is 1. The lowest BCUT2D eigenvalue weighted by Gasteiger charge is -2.33. The molecular formula is C18H23N3O3. The lowest BCUT2D eigenvalue weighted by atomic mass is 9.97. The minimum atomic E-state index is -0.0430. The van der Waals surface area contributed by atoms with E-state index in [2.05, 4.69) is 34.2 Å². The van der Waals surface area contributed by atoms with Gasteiger partial charge in [-0.25, -0.2) is 0 Å². The Morgan fingerprint density at radius 2 is 1.92 bits per heavy atom. The predicted molar refractivity (Wildman–Crippen MR) is 88.2 cm³/mol. The van der Waals surface area contributed by atoms with E-state index in [-0.39, 0.29) is 6.29 Å². The third kappa shape index (κ3) is 3.50. The zero-order valence-electron chi connectivity index (χ0n) is 14.0. The highest BCUT2D eigenvalue weighted by molar-refractivity contribution is 5.52. The van der Waals surface area contributed by atoms with Gasteiger partial charge in [-0.15, -0.1) is 10.2 Å². The SMILES string of the molecule is Cc1ccc(-c2nnc(CN3CCCC(C4OCCO4)C3)o2)cc1. The van der Waals surface area contributed by atoms with Crippen LogP contribution >= 0.6 is 0 Å². The van der Waals surface area contributed by atoms with Gasteiger partial charge in [0.2, 0.25) is 11.8 Å². The maximum absolute atomic E-state index is 5.85. The van der Waals surface area contributed by atoms with E-state index in [1.54, 1.807) is 0 Å². The van der Waals surface area contributed by atoms with Gasteiger partial charge in [0.15, 0.2) is 6.29 Å². The highest BCUT2D eigenvalue weighted by Gasteiger charge is 2.31. The summed E-state index contributed by atoms with van der Waals surface area (Å²) in [5.41, 5.74) is 2.18. The second-order valence-electron chi connectivity index (χ2n) is 6.61. The minimum absolute atomic E-state index is 0.0430. The Kier molecular flexibility index (Phi) is 4.60. The van der Waals surface area contributed by atoms with E-state index in [0.717, 1.165) is 31.5 Å². The monoisotopic (exact) mass is 329 g/mol. The fourth-order valence-electron chi connectivity index (χ4n) is 3.43. The number of ether oxygens (including phenoxy) is 2. The molecule has 6 nitrogen and oxygen atoms in total. The molecule has 0 bridgehead atoms. The summed E-state index contributed by atoms with van der Waals surface area (Å²) in [5.74, 6) is 1.68. The second kappa shape index (κ2) is 7.01. The van der Waals surface area contributed by atoms with Crippen molar-refractivity contribution in [3.05, 3.63) is 35.7 Å². The third-order valence-corrected chi connectivity index (χ3v) is 4.70. The van der Waals surface area contributed by atoms with Crippen molar-refractivity contribution in [1.82, 2.24) is 15.1 Å². The predicted octanol–water partition coefficient (Wildman–Crippen LogP) is 2.63. The van der Waals surface area contributed by atoms with Gasteiger partial charge in [0.1, 0.15) is 0 Å². The lowest BCUT2D eigenvalue weighted by Crippen LogP contribution is -2.40. The van der Waals surface area contributed by atoms with Crippen LogP contribution in [0.5, 0.6) is 0 Å². The van der Waals surface area contributed by atoms with Gasteiger partial charge in [-0.1, -0.05) is 17.7 Å². The van der Waals surface area contributed by atoms with Crippen molar-refractivity contribution in [1.29, 1.82) is 0 Å². The van der Waals surface area contributed by atoms with Crippen LogP contribution in [0, 0.1) is 12.8 Å². The molecule has 0 saturated carbocycles. The van der Waals surface area contributed by atoms with E-state index in [4.69, 9.17) is 13.9 Å². The molecule has 2 aliphatic heterocycles. The molecule has 2 aromatic rings. The van der Waals surface area contributed by atoms with E-state index in [1.807, 2.05) is 12.1 Å². The van der Waals surface area contributed by atoms with Gasteiger partial charge in [-0.2, -0.15) is 0 Å². The van der Waals surface area contributed by atoms with Gasteiger partial charge < -0.3 is 13.9 Å².